The molecular weight excluding hydrogens is 519 g/mol. The number of carbonyl (C=O) groups is 2. The zero-order valence-electron chi connectivity index (χ0n) is 18.0. The minimum atomic E-state index is -6.69. The third kappa shape index (κ3) is 8.29. The van der Waals surface area contributed by atoms with Crippen LogP contribution in [0.25, 0.3) is 0 Å². The van der Waals surface area contributed by atoms with Gasteiger partial charge in [-0.15, -0.1) is 0 Å². The van der Waals surface area contributed by atoms with Crippen LogP contribution in [-0.2, 0) is 25.7 Å². The Labute approximate surface area is 201 Å². The highest BCUT2D eigenvalue weighted by Crippen LogP contribution is 2.38. The van der Waals surface area contributed by atoms with Crippen LogP contribution < -0.4 is 0 Å². The van der Waals surface area contributed by atoms with Crippen molar-refractivity contribution in [1.29, 1.82) is 0 Å². The summed E-state index contributed by atoms with van der Waals surface area (Å²) in [5.41, 5.74) is 0.359. The van der Waals surface area contributed by atoms with E-state index in [0.29, 0.717) is 16.7 Å². The summed E-state index contributed by atoms with van der Waals surface area (Å²) in [6, 6.07) is 15.4. The minimum Gasteiger partial charge on any atom is -0.743 e. The maximum atomic E-state index is 13.1. The number of hydrogen-bond donors (Lipinski definition) is 0. The Morgan fingerprint density at radius 2 is 1.34 bits per heavy atom. The largest absolute Gasteiger partial charge is 0.743 e. The van der Waals surface area contributed by atoms with E-state index in [1.54, 1.807) is 0 Å². The number of ketones is 1. The molecule has 6 nitrogen and oxygen atoms in total. The summed E-state index contributed by atoms with van der Waals surface area (Å²) in [5.74, 6) is 1.82. The number of ether oxygens (including phenoxy) is 1. The molecule has 1 heterocycles. The lowest BCUT2D eigenvalue weighted by atomic mass is 10.2. The van der Waals surface area contributed by atoms with Gasteiger partial charge >= 0.3 is 17.4 Å². The van der Waals surface area contributed by atoms with E-state index in [4.69, 9.17) is 0 Å². The molecule has 1 saturated heterocycles. The molecule has 0 spiro atoms. The zero-order valence-corrected chi connectivity index (χ0v) is 19.7. The highest BCUT2D eigenvalue weighted by molar-refractivity contribution is 7.97. The molecule has 192 valence electrons. The number of rotatable bonds is 7. The number of benzene rings is 2. The number of esters is 1. The van der Waals surface area contributed by atoms with Crippen molar-refractivity contribution in [3.8, 4) is 0 Å². The molecule has 1 aliphatic rings. The lowest BCUT2D eigenvalue weighted by molar-refractivity contribution is -0.248. The van der Waals surface area contributed by atoms with E-state index in [-0.39, 0.29) is 0 Å². The second kappa shape index (κ2) is 12.0. The Morgan fingerprint density at radius 3 is 1.77 bits per heavy atom. The first-order chi connectivity index (χ1) is 16.2. The quantitative estimate of drug-likeness (QED) is 0.172. The highest BCUT2D eigenvalue weighted by atomic mass is 32.2. The molecule has 0 aromatic heterocycles. The van der Waals surface area contributed by atoms with Gasteiger partial charge in [0.05, 0.1) is 5.56 Å². The van der Waals surface area contributed by atoms with Crippen molar-refractivity contribution in [3.63, 3.8) is 0 Å². The molecule has 3 rings (SSSR count). The number of alkyl halides is 5. The summed E-state index contributed by atoms with van der Waals surface area (Å²) in [5, 5.41) is -5.85. The van der Waals surface area contributed by atoms with Gasteiger partial charge in [-0.1, -0.05) is 48.5 Å². The van der Waals surface area contributed by atoms with Crippen LogP contribution in [0.1, 0.15) is 33.6 Å². The average Bonchev–Trinajstić information content (AvgIpc) is 3.30. The van der Waals surface area contributed by atoms with Gasteiger partial charge in [-0.05, 0) is 35.9 Å². The molecule has 13 heteroatoms. The lowest BCUT2D eigenvalue weighted by Gasteiger charge is -2.29. The van der Waals surface area contributed by atoms with Crippen molar-refractivity contribution in [1.82, 2.24) is 0 Å². The Bertz CT molecular complexity index is 1090. The van der Waals surface area contributed by atoms with Gasteiger partial charge in [0.2, 0.25) is 5.78 Å². The summed E-state index contributed by atoms with van der Waals surface area (Å²) < 4.78 is 97.8. The number of hydrogen-bond acceptors (Lipinski definition) is 6. The predicted octanol–water partition coefficient (Wildman–Crippen LogP) is 4.19. The first-order valence-electron chi connectivity index (χ1n) is 10.1. The van der Waals surface area contributed by atoms with Gasteiger partial charge in [0.1, 0.15) is 11.5 Å². The van der Waals surface area contributed by atoms with E-state index >= 15 is 0 Å². The van der Waals surface area contributed by atoms with Crippen molar-refractivity contribution >= 4 is 32.8 Å². The van der Waals surface area contributed by atoms with Crippen LogP contribution in [0.5, 0.6) is 0 Å². The smallest absolute Gasteiger partial charge is 0.432 e. The van der Waals surface area contributed by atoms with E-state index in [1.165, 1.54) is 42.5 Å². The summed E-state index contributed by atoms with van der Waals surface area (Å²) in [6.07, 6.45) is -7.71. The third-order valence-electron chi connectivity index (χ3n) is 4.72. The standard InChI is InChI=1S/C12H15OS.C10H7F5O5S/c13-12(10-14-8-4-5-9-14)11-6-2-1-3-7-11;11-9(12,13)8(10(14,15)21(17,18)19)20-7(16)6-4-2-1-3-5-6/h1-3,6-7H,4-5,8-10H2;1-5,8H,(H,17,18,19)/q+1;/p-1. The highest BCUT2D eigenvalue weighted by Gasteiger charge is 2.63. The molecule has 2 aromatic carbocycles. The van der Waals surface area contributed by atoms with E-state index < -0.39 is 39.2 Å². The Kier molecular flexibility index (Phi) is 9.81. The van der Waals surface area contributed by atoms with Gasteiger partial charge in [0.25, 0.3) is 6.10 Å². The Morgan fingerprint density at radius 1 is 0.886 bits per heavy atom. The molecule has 0 bridgehead atoms. The van der Waals surface area contributed by atoms with E-state index in [1.807, 2.05) is 30.3 Å². The first kappa shape index (κ1) is 28.7. The van der Waals surface area contributed by atoms with Gasteiger partial charge in [0, 0.05) is 5.56 Å². The van der Waals surface area contributed by atoms with Crippen LogP contribution in [-0.4, -0.2) is 59.5 Å². The van der Waals surface area contributed by atoms with E-state index in [0.717, 1.165) is 23.4 Å². The van der Waals surface area contributed by atoms with Gasteiger partial charge in [-0.3, -0.25) is 4.79 Å². The fourth-order valence-corrected chi connectivity index (χ4v) is 5.66. The topological polar surface area (TPSA) is 101 Å². The molecular formula is C22H21F5O6S2. The Balaban J connectivity index is 0.000000266. The van der Waals surface area contributed by atoms with Crippen LogP contribution in [0.3, 0.4) is 0 Å². The maximum Gasteiger partial charge on any atom is 0.432 e. The SMILES string of the molecule is O=C(C[S+]1CCCC1)c1ccccc1.O=C(OC(C(F)(F)F)C(F)(F)S(=O)(=O)[O-])c1ccccc1. The molecule has 0 N–H and O–H groups in total. The van der Waals surface area contributed by atoms with E-state index in [9.17, 15) is 44.5 Å². The van der Waals surface area contributed by atoms with Gasteiger partial charge in [0.15, 0.2) is 15.9 Å². The molecule has 0 saturated carbocycles. The first-order valence-corrected chi connectivity index (χ1v) is 13.3. The summed E-state index contributed by atoms with van der Waals surface area (Å²) in [6.45, 7) is 0. The Hall–Kier alpha value is -2.51. The third-order valence-corrected chi connectivity index (χ3v) is 8.00. The van der Waals surface area contributed by atoms with Crippen molar-refractivity contribution in [2.45, 2.75) is 30.4 Å². The predicted molar refractivity (Wildman–Crippen MR) is 118 cm³/mol. The van der Waals surface area contributed by atoms with Crippen molar-refractivity contribution < 1.29 is 49.2 Å². The van der Waals surface area contributed by atoms with Crippen molar-refractivity contribution in [3.05, 3.63) is 71.8 Å². The molecule has 0 amide bonds. The van der Waals surface area contributed by atoms with Crippen LogP contribution in [0, 0.1) is 0 Å². The number of halogens is 5. The molecule has 1 unspecified atom stereocenters. The molecule has 1 atom stereocenters. The number of carbonyl (C=O) groups excluding carboxylic acids is 2. The monoisotopic (exact) mass is 540 g/mol. The van der Waals surface area contributed by atoms with Crippen LogP contribution >= 0.6 is 0 Å². The van der Waals surface area contributed by atoms with Crippen molar-refractivity contribution in [2.24, 2.45) is 0 Å². The van der Waals surface area contributed by atoms with Crippen LogP contribution in [0.15, 0.2) is 60.7 Å². The molecule has 2 aromatic rings. The molecule has 0 radical (unpaired) electrons. The molecule has 1 aliphatic heterocycles. The van der Waals surface area contributed by atoms with E-state index in [2.05, 4.69) is 4.74 Å². The second-order valence-corrected chi connectivity index (χ2v) is 11.2. The molecule has 0 aliphatic carbocycles. The second-order valence-electron chi connectivity index (χ2n) is 7.37. The van der Waals surface area contributed by atoms with Gasteiger partial charge < -0.3 is 9.29 Å². The maximum absolute atomic E-state index is 13.1. The van der Waals surface area contributed by atoms with Gasteiger partial charge in [-0.25, -0.2) is 13.2 Å². The van der Waals surface area contributed by atoms with Gasteiger partial charge in [-0.2, -0.15) is 22.0 Å². The fraction of sp³-hybridized carbons (Fsp3) is 0.364. The normalized spacial score (nSPS) is 15.6. The fourth-order valence-electron chi connectivity index (χ4n) is 2.96. The zero-order chi connectivity index (χ0) is 26.3. The summed E-state index contributed by atoms with van der Waals surface area (Å²) >= 11 is 0. The lowest BCUT2D eigenvalue weighted by Crippen LogP contribution is -2.52. The summed E-state index contributed by atoms with van der Waals surface area (Å²) in [4.78, 5) is 23.1. The van der Waals surface area contributed by atoms with Crippen LogP contribution in [0.4, 0.5) is 22.0 Å². The molecule has 1 fully saturated rings. The number of Topliss-reactive ketones (excluding diaryl/α,β-unsaturated/α-hetero) is 1. The van der Waals surface area contributed by atoms with Crippen molar-refractivity contribution in [2.75, 3.05) is 17.3 Å². The minimum absolute atomic E-state index is 0.329. The summed E-state index contributed by atoms with van der Waals surface area (Å²) in [7, 11) is -6.30. The molecule has 35 heavy (non-hydrogen) atoms. The van der Waals surface area contributed by atoms with Crippen LogP contribution in [0.2, 0.25) is 0 Å². The average molecular weight is 541 g/mol.